The molecule has 2 aromatic rings. The predicted octanol–water partition coefficient (Wildman–Crippen LogP) is 2.03. The smallest absolute Gasteiger partial charge is 0.156 e. The average molecular weight is 182 g/mol. The summed E-state index contributed by atoms with van der Waals surface area (Å²) in [6.45, 7) is 0. The van der Waals surface area contributed by atoms with E-state index in [0.717, 1.165) is 11.2 Å². The Morgan fingerprint density at radius 2 is 2.42 bits per heavy atom. The molecule has 0 fully saturated rings. The van der Waals surface area contributed by atoms with E-state index in [2.05, 4.69) is 10.3 Å². The molecule has 0 aliphatic carbocycles. The number of hydrogen-bond donors (Lipinski definition) is 1. The van der Waals surface area contributed by atoms with Crippen molar-refractivity contribution in [2.75, 3.05) is 12.4 Å². The predicted molar refractivity (Wildman–Crippen MR) is 49.7 cm³/mol. The summed E-state index contributed by atoms with van der Waals surface area (Å²) in [7, 11) is 1.86. The monoisotopic (exact) mass is 181 g/mol. The second-order valence-electron chi connectivity index (χ2n) is 2.46. The van der Waals surface area contributed by atoms with Crippen LogP contribution in [0.5, 0.6) is 0 Å². The Kier molecular flexibility index (Phi) is 1.66. The van der Waals surface area contributed by atoms with Crippen LogP contribution in [0.4, 0.5) is 5.69 Å². The van der Waals surface area contributed by atoms with Gasteiger partial charge in [0.25, 0.3) is 0 Å². The number of aromatic nitrogens is 2. The van der Waals surface area contributed by atoms with Crippen LogP contribution in [0.1, 0.15) is 0 Å². The third-order valence-corrected chi connectivity index (χ3v) is 2.06. The van der Waals surface area contributed by atoms with Crippen molar-refractivity contribution in [1.29, 1.82) is 0 Å². The second-order valence-corrected chi connectivity index (χ2v) is 2.82. The van der Waals surface area contributed by atoms with Crippen LogP contribution in [0.2, 0.25) is 5.15 Å². The molecule has 0 spiro atoms. The van der Waals surface area contributed by atoms with E-state index in [0.29, 0.717) is 5.15 Å². The molecule has 2 aromatic heterocycles. The molecule has 1 N–H and O–H groups in total. The van der Waals surface area contributed by atoms with E-state index in [1.54, 1.807) is 6.33 Å². The number of anilines is 1. The Bertz CT molecular complexity index is 408. The molecule has 0 radical (unpaired) electrons. The van der Waals surface area contributed by atoms with Gasteiger partial charge in [-0.3, -0.25) is 0 Å². The maximum Gasteiger partial charge on any atom is 0.156 e. The molecule has 4 heteroatoms. The molecule has 0 aliphatic rings. The van der Waals surface area contributed by atoms with Crippen molar-refractivity contribution in [3.05, 3.63) is 29.8 Å². The van der Waals surface area contributed by atoms with Gasteiger partial charge in [-0.1, -0.05) is 11.6 Å². The van der Waals surface area contributed by atoms with Crippen molar-refractivity contribution >= 4 is 22.8 Å². The number of fused-ring (bicyclic) bond motifs is 1. The molecule has 0 aromatic carbocycles. The average Bonchev–Trinajstić information content (AvgIpc) is 2.48. The number of halogens is 1. The zero-order valence-corrected chi connectivity index (χ0v) is 7.34. The summed E-state index contributed by atoms with van der Waals surface area (Å²) in [4.78, 5) is 3.99. The van der Waals surface area contributed by atoms with Gasteiger partial charge in [-0.05, 0) is 12.1 Å². The molecule has 0 saturated carbocycles. The van der Waals surface area contributed by atoms with Gasteiger partial charge in [-0.2, -0.15) is 0 Å². The van der Waals surface area contributed by atoms with Gasteiger partial charge < -0.3 is 9.72 Å². The molecular weight excluding hydrogens is 174 g/mol. The SMILES string of the molecule is CNc1cccn2cnc(Cl)c12. The topological polar surface area (TPSA) is 29.3 Å². The van der Waals surface area contributed by atoms with Crippen LogP contribution in [-0.4, -0.2) is 16.4 Å². The van der Waals surface area contributed by atoms with Crippen LogP contribution in [0.15, 0.2) is 24.7 Å². The first kappa shape index (κ1) is 7.43. The third kappa shape index (κ3) is 0.940. The van der Waals surface area contributed by atoms with Crippen molar-refractivity contribution in [2.45, 2.75) is 0 Å². The maximum atomic E-state index is 5.88. The fourth-order valence-electron chi connectivity index (χ4n) is 1.21. The highest BCUT2D eigenvalue weighted by molar-refractivity contribution is 6.33. The van der Waals surface area contributed by atoms with Crippen molar-refractivity contribution in [2.24, 2.45) is 0 Å². The fraction of sp³-hybridized carbons (Fsp3) is 0.125. The zero-order chi connectivity index (χ0) is 8.55. The van der Waals surface area contributed by atoms with Gasteiger partial charge in [0.05, 0.1) is 5.69 Å². The minimum Gasteiger partial charge on any atom is -0.386 e. The number of nitrogens with zero attached hydrogens (tertiary/aromatic N) is 2. The highest BCUT2D eigenvalue weighted by atomic mass is 35.5. The van der Waals surface area contributed by atoms with Gasteiger partial charge in [0.1, 0.15) is 11.8 Å². The third-order valence-electron chi connectivity index (χ3n) is 1.78. The van der Waals surface area contributed by atoms with Crippen LogP contribution in [0.25, 0.3) is 5.52 Å². The van der Waals surface area contributed by atoms with E-state index < -0.39 is 0 Å². The first-order valence-corrected chi connectivity index (χ1v) is 3.99. The van der Waals surface area contributed by atoms with Gasteiger partial charge in [0.2, 0.25) is 0 Å². The molecule has 0 aliphatic heterocycles. The summed E-state index contributed by atoms with van der Waals surface area (Å²) >= 11 is 5.88. The van der Waals surface area contributed by atoms with Crippen molar-refractivity contribution < 1.29 is 0 Å². The summed E-state index contributed by atoms with van der Waals surface area (Å²) < 4.78 is 1.88. The normalized spacial score (nSPS) is 10.5. The lowest BCUT2D eigenvalue weighted by Crippen LogP contribution is -1.91. The van der Waals surface area contributed by atoms with Gasteiger partial charge >= 0.3 is 0 Å². The number of nitrogens with one attached hydrogen (secondary N) is 1. The summed E-state index contributed by atoms with van der Waals surface area (Å²) in [5, 5.41) is 3.58. The molecule has 2 heterocycles. The Labute approximate surface area is 75.0 Å². The van der Waals surface area contributed by atoms with Crippen LogP contribution in [0.3, 0.4) is 0 Å². The molecule has 0 unspecified atom stereocenters. The molecule has 62 valence electrons. The minimum absolute atomic E-state index is 0.528. The Morgan fingerprint density at radius 1 is 1.58 bits per heavy atom. The van der Waals surface area contributed by atoms with Crippen molar-refractivity contribution in [3.63, 3.8) is 0 Å². The Balaban J connectivity index is 2.84. The van der Waals surface area contributed by atoms with Gasteiger partial charge in [-0.25, -0.2) is 4.98 Å². The van der Waals surface area contributed by atoms with Crippen molar-refractivity contribution in [3.8, 4) is 0 Å². The molecule has 0 amide bonds. The van der Waals surface area contributed by atoms with E-state index >= 15 is 0 Å². The van der Waals surface area contributed by atoms with Crippen molar-refractivity contribution in [1.82, 2.24) is 9.38 Å². The zero-order valence-electron chi connectivity index (χ0n) is 6.58. The van der Waals surface area contributed by atoms with Crippen LogP contribution >= 0.6 is 11.6 Å². The van der Waals surface area contributed by atoms with Gasteiger partial charge in [0, 0.05) is 13.2 Å². The van der Waals surface area contributed by atoms with E-state index in [9.17, 15) is 0 Å². The first-order valence-electron chi connectivity index (χ1n) is 3.62. The molecule has 2 rings (SSSR count). The van der Waals surface area contributed by atoms with Gasteiger partial charge in [0.15, 0.2) is 5.15 Å². The highest BCUT2D eigenvalue weighted by Gasteiger charge is 2.04. The lowest BCUT2D eigenvalue weighted by atomic mass is 10.3. The van der Waals surface area contributed by atoms with E-state index in [-0.39, 0.29) is 0 Å². The molecule has 0 atom stereocenters. The van der Waals surface area contributed by atoms with Crippen LogP contribution in [0, 0.1) is 0 Å². The van der Waals surface area contributed by atoms with E-state index in [1.807, 2.05) is 29.8 Å². The molecule has 12 heavy (non-hydrogen) atoms. The summed E-state index contributed by atoms with van der Waals surface area (Å²) in [6.07, 6.45) is 3.60. The molecular formula is C8H8ClN3. The number of hydrogen-bond acceptors (Lipinski definition) is 2. The van der Waals surface area contributed by atoms with E-state index in [1.165, 1.54) is 0 Å². The summed E-state index contributed by atoms with van der Waals surface area (Å²) in [5.74, 6) is 0. The van der Waals surface area contributed by atoms with Gasteiger partial charge in [-0.15, -0.1) is 0 Å². The van der Waals surface area contributed by atoms with E-state index in [4.69, 9.17) is 11.6 Å². The lowest BCUT2D eigenvalue weighted by Gasteiger charge is -2.01. The second kappa shape index (κ2) is 2.68. The Morgan fingerprint density at radius 3 is 3.17 bits per heavy atom. The molecule has 0 saturated heterocycles. The molecule has 0 bridgehead atoms. The quantitative estimate of drug-likeness (QED) is 0.730. The van der Waals surface area contributed by atoms with Crippen LogP contribution in [-0.2, 0) is 0 Å². The largest absolute Gasteiger partial charge is 0.386 e. The fourth-order valence-corrected chi connectivity index (χ4v) is 1.46. The minimum atomic E-state index is 0.528. The lowest BCUT2D eigenvalue weighted by molar-refractivity contribution is 1.15. The number of rotatable bonds is 1. The highest BCUT2D eigenvalue weighted by Crippen LogP contribution is 2.22. The first-order chi connectivity index (χ1) is 5.83. The number of imidazole rings is 1. The maximum absolute atomic E-state index is 5.88. The number of pyridine rings is 1. The Hall–Kier alpha value is -1.22. The van der Waals surface area contributed by atoms with Crippen LogP contribution < -0.4 is 5.32 Å². The standard InChI is InChI=1S/C8H8ClN3/c1-10-6-3-2-4-12-5-11-8(9)7(6)12/h2-5,10H,1H3. The summed E-state index contributed by atoms with van der Waals surface area (Å²) in [5.41, 5.74) is 1.90. The summed E-state index contributed by atoms with van der Waals surface area (Å²) in [6, 6.07) is 3.90. The molecule has 3 nitrogen and oxygen atoms in total.